The maximum Gasteiger partial charge on any atom is 0.534 e. The van der Waals surface area contributed by atoms with Crippen LogP contribution in [-0.4, -0.2) is 43.4 Å². The number of benzene rings is 2. The first-order chi connectivity index (χ1) is 17.2. The third kappa shape index (κ3) is 6.80. The molecule has 2 aromatic carbocycles. The highest BCUT2D eigenvalue weighted by Crippen LogP contribution is 2.29. The van der Waals surface area contributed by atoms with E-state index in [0.29, 0.717) is 13.1 Å². The first kappa shape index (κ1) is 26.1. The van der Waals surface area contributed by atoms with E-state index in [0.717, 1.165) is 55.4 Å². The Bertz CT molecular complexity index is 1310. The van der Waals surface area contributed by atoms with Crippen molar-refractivity contribution < 1.29 is 30.6 Å². The second kappa shape index (κ2) is 11.4. The summed E-state index contributed by atoms with van der Waals surface area (Å²) < 4.78 is 64.5. The van der Waals surface area contributed by atoms with Gasteiger partial charge in [0.2, 0.25) is 0 Å². The van der Waals surface area contributed by atoms with Gasteiger partial charge >= 0.3 is 15.6 Å². The molecule has 1 aliphatic rings. The van der Waals surface area contributed by atoms with Crippen LogP contribution in [0.3, 0.4) is 0 Å². The van der Waals surface area contributed by atoms with Gasteiger partial charge in [0.1, 0.15) is 12.0 Å². The number of nitrogens with zero attached hydrogens (tertiary/aromatic N) is 1. The van der Waals surface area contributed by atoms with Crippen LogP contribution in [0.5, 0.6) is 5.75 Å². The van der Waals surface area contributed by atoms with E-state index >= 15 is 0 Å². The number of unbranched alkanes of at least 4 members (excludes halogenated alkanes) is 1. The molecule has 1 aromatic heterocycles. The Morgan fingerprint density at radius 1 is 1.08 bits per heavy atom. The lowest BCUT2D eigenvalue weighted by molar-refractivity contribution is -0.0500. The van der Waals surface area contributed by atoms with E-state index in [4.69, 9.17) is 4.84 Å². The molecule has 2 heterocycles. The molecule has 0 atom stereocenters. The Morgan fingerprint density at radius 2 is 1.94 bits per heavy atom. The van der Waals surface area contributed by atoms with Crippen molar-refractivity contribution in [3.05, 3.63) is 77.7 Å². The fourth-order valence-electron chi connectivity index (χ4n) is 4.11. The van der Waals surface area contributed by atoms with Crippen molar-refractivity contribution in [1.29, 1.82) is 0 Å². The van der Waals surface area contributed by atoms with Crippen molar-refractivity contribution in [3.8, 4) is 5.75 Å². The van der Waals surface area contributed by atoms with Crippen LogP contribution in [0.1, 0.15) is 29.5 Å². The molecule has 194 valence electrons. The Hall–Kier alpha value is -3.02. The minimum Gasteiger partial charge on any atom is -0.417 e. The number of halogens is 3. The highest BCUT2D eigenvalue weighted by molar-refractivity contribution is 7.88. The van der Waals surface area contributed by atoms with Crippen molar-refractivity contribution >= 4 is 21.0 Å². The molecule has 0 bridgehead atoms. The van der Waals surface area contributed by atoms with Gasteiger partial charge in [-0.25, -0.2) is 0 Å². The van der Waals surface area contributed by atoms with Gasteiger partial charge in [0.05, 0.1) is 0 Å². The van der Waals surface area contributed by atoms with Gasteiger partial charge in [0.25, 0.3) is 0 Å². The van der Waals surface area contributed by atoms with Crippen LogP contribution in [0.15, 0.2) is 61.0 Å². The van der Waals surface area contributed by atoms with E-state index in [1.165, 1.54) is 23.1 Å². The molecule has 0 saturated carbocycles. The van der Waals surface area contributed by atoms with E-state index in [2.05, 4.69) is 37.7 Å². The predicted molar refractivity (Wildman–Crippen MR) is 130 cm³/mol. The van der Waals surface area contributed by atoms with Gasteiger partial charge < -0.3 is 14.0 Å². The maximum atomic E-state index is 12.6. The highest BCUT2D eigenvalue weighted by atomic mass is 32.2. The molecule has 0 radical (unpaired) electrons. The fourth-order valence-corrected chi connectivity index (χ4v) is 4.56. The monoisotopic (exact) mass is 523 g/mol. The van der Waals surface area contributed by atoms with Crippen molar-refractivity contribution in [2.75, 3.05) is 19.6 Å². The number of aromatic nitrogens is 1. The average Bonchev–Trinajstić information content (AvgIpc) is 3.30. The van der Waals surface area contributed by atoms with Gasteiger partial charge in [-0.2, -0.15) is 27.1 Å². The fraction of sp³-hybridized carbons (Fsp3) is 0.360. The molecule has 36 heavy (non-hydrogen) atoms. The number of H-pyrrole nitrogens is 1. The lowest BCUT2D eigenvalue weighted by Crippen LogP contribution is -2.32. The number of nitrogens with one attached hydrogen (secondary N) is 2. The van der Waals surface area contributed by atoms with Crippen molar-refractivity contribution in [1.82, 2.24) is 15.4 Å². The summed E-state index contributed by atoms with van der Waals surface area (Å²) >= 11 is 0. The molecule has 11 heteroatoms. The topological polar surface area (TPSA) is 83.7 Å². The van der Waals surface area contributed by atoms with Gasteiger partial charge in [0.15, 0.2) is 0 Å². The molecule has 0 aliphatic carbocycles. The second-order valence-electron chi connectivity index (χ2n) is 8.63. The van der Waals surface area contributed by atoms with Crippen molar-refractivity contribution in [3.63, 3.8) is 0 Å². The summed E-state index contributed by atoms with van der Waals surface area (Å²) in [6.45, 7) is 2.84. The number of hydroxylamine groups is 1. The van der Waals surface area contributed by atoms with Gasteiger partial charge in [-0.15, -0.1) is 0 Å². The molecule has 0 saturated heterocycles. The van der Waals surface area contributed by atoms with Gasteiger partial charge in [-0.1, -0.05) is 12.1 Å². The highest BCUT2D eigenvalue weighted by Gasteiger charge is 2.48. The SMILES string of the molecule is O=S(=O)(Oc1ccc2c(c1)CN(CCCCNOC=CCc1ccc3[nH]ccc3c1)CC2)C(F)(F)F. The number of fused-ring (bicyclic) bond motifs is 2. The summed E-state index contributed by atoms with van der Waals surface area (Å²) in [4.78, 5) is 10.7. The molecular weight excluding hydrogens is 495 g/mol. The minimum atomic E-state index is -5.68. The number of allylic oxidation sites excluding steroid dienone is 1. The van der Waals surface area contributed by atoms with Crippen LogP contribution in [0.25, 0.3) is 10.9 Å². The van der Waals surface area contributed by atoms with Gasteiger partial charge in [0, 0.05) is 31.3 Å². The summed E-state index contributed by atoms with van der Waals surface area (Å²) in [6.07, 6.45) is 8.81. The normalized spacial score (nSPS) is 14.9. The first-order valence-corrected chi connectivity index (χ1v) is 13.1. The van der Waals surface area contributed by atoms with Crippen LogP contribution >= 0.6 is 0 Å². The van der Waals surface area contributed by atoms with E-state index in [1.807, 2.05) is 18.3 Å². The van der Waals surface area contributed by atoms with E-state index < -0.39 is 15.6 Å². The van der Waals surface area contributed by atoms with Crippen LogP contribution in [0.4, 0.5) is 13.2 Å². The molecule has 0 unspecified atom stereocenters. The third-order valence-electron chi connectivity index (χ3n) is 5.98. The number of rotatable bonds is 11. The largest absolute Gasteiger partial charge is 0.534 e. The number of hydrogen-bond acceptors (Lipinski definition) is 6. The molecule has 1 aliphatic heterocycles. The van der Waals surface area contributed by atoms with E-state index in [1.54, 1.807) is 12.3 Å². The second-order valence-corrected chi connectivity index (χ2v) is 10.2. The quantitative estimate of drug-likeness (QED) is 0.123. The number of aromatic amines is 1. The first-order valence-electron chi connectivity index (χ1n) is 11.7. The smallest absolute Gasteiger partial charge is 0.417 e. The summed E-state index contributed by atoms with van der Waals surface area (Å²) in [5, 5.41) is 1.18. The lowest BCUT2D eigenvalue weighted by atomic mass is 9.99. The molecular formula is C25H28F3N3O4S. The van der Waals surface area contributed by atoms with Gasteiger partial charge in [-0.3, -0.25) is 4.90 Å². The predicted octanol–water partition coefficient (Wildman–Crippen LogP) is 4.81. The molecule has 3 aromatic rings. The van der Waals surface area contributed by atoms with Crippen molar-refractivity contribution in [2.45, 2.75) is 37.7 Å². The van der Waals surface area contributed by atoms with E-state index in [-0.39, 0.29) is 5.75 Å². The molecule has 2 N–H and O–H groups in total. The number of hydrogen-bond donors (Lipinski definition) is 2. The van der Waals surface area contributed by atoms with Crippen LogP contribution < -0.4 is 9.66 Å². The zero-order valence-corrected chi connectivity index (χ0v) is 20.4. The third-order valence-corrected chi connectivity index (χ3v) is 6.96. The van der Waals surface area contributed by atoms with Crippen LogP contribution in [0, 0.1) is 0 Å². The van der Waals surface area contributed by atoms with Crippen LogP contribution in [0.2, 0.25) is 0 Å². The molecule has 0 amide bonds. The maximum absolute atomic E-state index is 12.6. The Morgan fingerprint density at radius 3 is 2.78 bits per heavy atom. The average molecular weight is 524 g/mol. The van der Waals surface area contributed by atoms with Gasteiger partial charge in [-0.05, 0) is 90.7 Å². The zero-order chi connectivity index (χ0) is 25.6. The van der Waals surface area contributed by atoms with E-state index in [9.17, 15) is 21.6 Å². The summed E-state index contributed by atoms with van der Waals surface area (Å²) in [7, 11) is -5.68. The Kier molecular flexibility index (Phi) is 8.22. The Labute approximate surface area is 208 Å². The summed E-state index contributed by atoms with van der Waals surface area (Å²) in [6, 6.07) is 12.6. The summed E-state index contributed by atoms with van der Waals surface area (Å²) in [5.41, 5.74) is 1.53. The standard InChI is InChI=1S/C25H28F3N3O4S/c26-25(27,28)36(32,33)35-23-7-6-20-10-14-31(18-22(20)17-23)13-2-1-11-30-34-15-3-4-19-5-8-24-21(16-19)9-12-29-24/h3,5-9,12,15-17,29-30H,1-2,4,10-11,13-14,18H2. The zero-order valence-electron chi connectivity index (χ0n) is 19.6. The molecule has 4 rings (SSSR count). The minimum absolute atomic E-state index is 0.327. The lowest BCUT2D eigenvalue weighted by Gasteiger charge is -2.29. The van der Waals surface area contributed by atoms with Crippen LogP contribution in [-0.2, 0) is 34.3 Å². The van der Waals surface area contributed by atoms with Crippen molar-refractivity contribution in [2.24, 2.45) is 0 Å². The number of alkyl halides is 3. The summed E-state index contributed by atoms with van der Waals surface area (Å²) in [5.74, 6) is -0.327. The Balaban J connectivity index is 1.13. The molecule has 7 nitrogen and oxygen atoms in total. The molecule has 0 spiro atoms. The molecule has 0 fully saturated rings.